The van der Waals surface area contributed by atoms with E-state index in [0.717, 1.165) is 0 Å². The molecule has 126 valence electrons. The molecule has 2 aromatic rings. The van der Waals surface area contributed by atoms with Crippen molar-refractivity contribution >= 4 is 29.3 Å². The highest BCUT2D eigenvalue weighted by atomic mass is 16.5. The molecule has 0 bridgehead atoms. The number of aromatic nitrogens is 1. The van der Waals surface area contributed by atoms with Crippen LogP contribution in [0.1, 0.15) is 30.0 Å². The maximum atomic E-state index is 12.1. The van der Waals surface area contributed by atoms with E-state index in [-0.39, 0.29) is 17.3 Å². The van der Waals surface area contributed by atoms with E-state index in [2.05, 4.69) is 15.8 Å². The van der Waals surface area contributed by atoms with E-state index in [0.29, 0.717) is 11.4 Å². The van der Waals surface area contributed by atoms with Gasteiger partial charge in [-0.05, 0) is 32.0 Å². The molecule has 1 atom stereocenters. The molecular weight excluding hydrogens is 314 g/mol. The molecule has 0 saturated heterocycles. The van der Waals surface area contributed by atoms with Gasteiger partial charge in [0.2, 0.25) is 5.91 Å². The summed E-state index contributed by atoms with van der Waals surface area (Å²) in [4.78, 5) is 35.1. The monoisotopic (exact) mass is 331 g/mol. The lowest BCUT2D eigenvalue weighted by Crippen LogP contribution is -2.30. The van der Waals surface area contributed by atoms with Gasteiger partial charge >= 0.3 is 5.97 Å². The van der Waals surface area contributed by atoms with Crippen LogP contribution in [-0.2, 0) is 14.3 Å². The first-order chi connectivity index (χ1) is 11.3. The highest BCUT2D eigenvalue weighted by molar-refractivity contribution is 5.97. The number of aryl methyl sites for hydroxylation is 1. The van der Waals surface area contributed by atoms with Crippen LogP contribution in [0, 0.1) is 6.92 Å². The summed E-state index contributed by atoms with van der Waals surface area (Å²) in [6, 6.07) is 7.78. The molecule has 1 aromatic heterocycles. The number of carbonyl (C=O) groups excluding carboxylic acids is 3. The smallest absolute Gasteiger partial charge is 0.338 e. The molecule has 0 radical (unpaired) electrons. The van der Waals surface area contributed by atoms with Gasteiger partial charge in [0, 0.05) is 18.7 Å². The normalized spacial score (nSPS) is 11.5. The number of nitrogens with zero attached hydrogens (tertiary/aromatic N) is 1. The molecule has 0 spiro atoms. The summed E-state index contributed by atoms with van der Waals surface area (Å²) in [6.45, 7) is 4.50. The number of carbonyl (C=O) groups is 3. The maximum Gasteiger partial charge on any atom is 0.338 e. The molecule has 0 fully saturated rings. The minimum Gasteiger partial charge on any atom is -0.449 e. The molecule has 2 N–H and O–H groups in total. The molecule has 1 unspecified atom stereocenters. The molecule has 1 heterocycles. The van der Waals surface area contributed by atoms with E-state index in [1.165, 1.54) is 26.0 Å². The first kappa shape index (κ1) is 17.2. The molecule has 0 aliphatic heterocycles. The van der Waals surface area contributed by atoms with Crippen molar-refractivity contribution < 1.29 is 23.6 Å². The summed E-state index contributed by atoms with van der Waals surface area (Å²) >= 11 is 0. The predicted octanol–water partition coefficient (Wildman–Crippen LogP) is 2.13. The van der Waals surface area contributed by atoms with Crippen LogP contribution in [0.25, 0.3) is 0 Å². The molecular formula is C16H17N3O5. The lowest BCUT2D eigenvalue weighted by Gasteiger charge is -2.12. The zero-order chi connectivity index (χ0) is 17.7. The van der Waals surface area contributed by atoms with Gasteiger partial charge in [-0.2, -0.15) is 0 Å². The Bertz CT molecular complexity index is 769. The van der Waals surface area contributed by atoms with Crippen molar-refractivity contribution in [2.75, 3.05) is 10.6 Å². The predicted molar refractivity (Wildman–Crippen MR) is 85.5 cm³/mol. The second kappa shape index (κ2) is 7.40. The van der Waals surface area contributed by atoms with Crippen molar-refractivity contribution in [2.24, 2.45) is 0 Å². The average Bonchev–Trinajstić information content (AvgIpc) is 2.91. The second-order valence-corrected chi connectivity index (χ2v) is 5.12. The van der Waals surface area contributed by atoms with Crippen LogP contribution in [-0.4, -0.2) is 29.0 Å². The van der Waals surface area contributed by atoms with E-state index in [4.69, 9.17) is 9.26 Å². The Morgan fingerprint density at radius 3 is 2.58 bits per heavy atom. The van der Waals surface area contributed by atoms with Crippen molar-refractivity contribution in [1.29, 1.82) is 0 Å². The van der Waals surface area contributed by atoms with Crippen molar-refractivity contribution in [2.45, 2.75) is 26.9 Å². The summed E-state index contributed by atoms with van der Waals surface area (Å²) in [7, 11) is 0. The fourth-order valence-electron chi connectivity index (χ4n) is 1.86. The summed E-state index contributed by atoms with van der Waals surface area (Å²) < 4.78 is 9.95. The highest BCUT2D eigenvalue weighted by Crippen LogP contribution is 2.13. The first-order valence-corrected chi connectivity index (χ1v) is 7.18. The number of amides is 2. The molecule has 2 rings (SSSR count). The van der Waals surface area contributed by atoms with E-state index in [9.17, 15) is 14.4 Å². The summed E-state index contributed by atoms with van der Waals surface area (Å²) in [5, 5.41) is 8.67. The Morgan fingerprint density at radius 1 is 1.21 bits per heavy atom. The standard InChI is InChI=1S/C16H17N3O5/c1-9-7-14(19-24-9)18-15(21)10(2)23-16(22)12-5-4-6-13(8-12)17-11(3)20/h4-8,10H,1-3H3,(H,17,20)(H,18,19,21). The van der Waals surface area contributed by atoms with Crippen LogP contribution in [0.2, 0.25) is 0 Å². The van der Waals surface area contributed by atoms with E-state index in [1.54, 1.807) is 25.1 Å². The third kappa shape index (κ3) is 4.67. The first-order valence-electron chi connectivity index (χ1n) is 7.18. The molecule has 1 aromatic carbocycles. The number of anilines is 2. The number of benzene rings is 1. The summed E-state index contributed by atoms with van der Waals surface area (Å²) in [6.07, 6.45) is -1.03. The van der Waals surface area contributed by atoms with Crippen molar-refractivity contribution in [3.8, 4) is 0 Å². The highest BCUT2D eigenvalue weighted by Gasteiger charge is 2.20. The van der Waals surface area contributed by atoms with Crippen molar-refractivity contribution in [3.05, 3.63) is 41.7 Å². The lowest BCUT2D eigenvalue weighted by molar-refractivity contribution is -0.123. The summed E-state index contributed by atoms with van der Waals surface area (Å²) in [5.74, 6) is -0.676. The van der Waals surface area contributed by atoms with Crippen LogP contribution in [0.15, 0.2) is 34.9 Å². The third-order valence-corrected chi connectivity index (χ3v) is 2.95. The number of nitrogens with one attached hydrogen (secondary N) is 2. The van der Waals surface area contributed by atoms with Crippen LogP contribution >= 0.6 is 0 Å². The van der Waals surface area contributed by atoms with Crippen molar-refractivity contribution in [1.82, 2.24) is 5.16 Å². The molecule has 0 aliphatic carbocycles. The zero-order valence-electron chi connectivity index (χ0n) is 13.5. The number of hydrogen-bond acceptors (Lipinski definition) is 6. The van der Waals surface area contributed by atoms with Gasteiger partial charge in [-0.15, -0.1) is 0 Å². The topological polar surface area (TPSA) is 111 Å². The SMILES string of the molecule is CC(=O)Nc1cccc(C(=O)OC(C)C(=O)Nc2cc(C)on2)c1. The molecule has 8 heteroatoms. The number of rotatable bonds is 5. The average molecular weight is 331 g/mol. The van der Waals surface area contributed by atoms with Gasteiger partial charge in [0.1, 0.15) is 5.76 Å². The van der Waals surface area contributed by atoms with Crippen LogP contribution < -0.4 is 10.6 Å². The van der Waals surface area contributed by atoms with Gasteiger partial charge in [0.15, 0.2) is 11.9 Å². The minimum absolute atomic E-state index is 0.221. The largest absolute Gasteiger partial charge is 0.449 e. The minimum atomic E-state index is -1.03. The van der Waals surface area contributed by atoms with Crippen LogP contribution in [0.4, 0.5) is 11.5 Å². The molecule has 2 amide bonds. The second-order valence-electron chi connectivity index (χ2n) is 5.12. The van der Waals surface area contributed by atoms with Gasteiger partial charge in [0.25, 0.3) is 5.91 Å². The molecule has 24 heavy (non-hydrogen) atoms. The third-order valence-electron chi connectivity index (χ3n) is 2.95. The van der Waals surface area contributed by atoms with Gasteiger partial charge in [-0.3, -0.25) is 9.59 Å². The Balaban J connectivity index is 1.97. The van der Waals surface area contributed by atoms with Gasteiger partial charge in [-0.1, -0.05) is 11.2 Å². The Morgan fingerprint density at radius 2 is 1.96 bits per heavy atom. The number of ether oxygens (including phenoxy) is 1. The Labute approximate surface area is 138 Å². The molecule has 0 aliphatic rings. The Kier molecular flexibility index (Phi) is 5.31. The fraction of sp³-hybridized carbons (Fsp3) is 0.250. The maximum absolute atomic E-state index is 12.1. The van der Waals surface area contributed by atoms with Crippen molar-refractivity contribution in [3.63, 3.8) is 0 Å². The lowest BCUT2D eigenvalue weighted by atomic mass is 10.2. The number of esters is 1. The van der Waals surface area contributed by atoms with Gasteiger partial charge in [-0.25, -0.2) is 4.79 Å². The molecule has 0 saturated carbocycles. The van der Waals surface area contributed by atoms with E-state index >= 15 is 0 Å². The van der Waals surface area contributed by atoms with Gasteiger partial charge in [0.05, 0.1) is 5.56 Å². The summed E-state index contributed by atoms with van der Waals surface area (Å²) in [5.41, 5.74) is 0.685. The van der Waals surface area contributed by atoms with Gasteiger partial charge < -0.3 is 19.9 Å². The fourth-order valence-corrected chi connectivity index (χ4v) is 1.86. The van der Waals surface area contributed by atoms with Crippen LogP contribution in [0.5, 0.6) is 0 Å². The zero-order valence-corrected chi connectivity index (χ0v) is 13.5. The Hall–Kier alpha value is -3.16. The quantitative estimate of drug-likeness (QED) is 0.812. The van der Waals surface area contributed by atoms with E-state index in [1.807, 2.05) is 0 Å². The van der Waals surface area contributed by atoms with Crippen LogP contribution in [0.3, 0.4) is 0 Å². The molecule has 8 nitrogen and oxygen atoms in total. The van der Waals surface area contributed by atoms with E-state index < -0.39 is 18.0 Å². The number of hydrogen-bond donors (Lipinski definition) is 2.